The lowest BCUT2D eigenvalue weighted by Gasteiger charge is -2.22. The quantitative estimate of drug-likeness (QED) is 0.796. The monoisotopic (exact) mass is 267 g/mol. The molecule has 3 rings (SSSR count). The van der Waals surface area contributed by atoms with Crippen LogP contribution < -0.4 is 9.80 Å². The van der Waals surface area contributed by atoms with E-state index in [0.29, 0.717) is 6.54 Å². The molecule has 0 spiro atoms. The Morgan fingerprint density at radius 3 is 2.75 bits per heavy atom. The SMILES string of the molecule is CCN1C(=O)c2cc(C)ccc2N(C)c2ncccc21. The molecule has 0 N–H and O–H groups in total. The van der Waals surface area contributed by atoms with Crippen LogP contribution in [0.5, 0.6) is 0 Å². The Hall–Kier alpha value is -2.36. The van der Waals surface area contributed by atoms with Crippen LogP contribution in [-0.2, 0) is 0 Å². The molecule has 1 aliphatic heterocycles. The number of nitrogens with zero attached hydrogens (tertiary/aromatic N) is 3. The molecule has 1 aromatic heterocycles. The van der Waals surface area contributed by atoms with Gasteiger partial charge in [-0.05, 0) is 38.1 Å². The minimum Gasteiger partial charge on any atom is -0.327 e. The van der Waals surface area contributed by atoms with Crippen LogP contribution in [0.4, 0.5) is 17.2 Å². The molecule has 102 valence electrons. The number of carbonyl (C=O) groups excluding carboxylic acids is 1. The third kappa shape index (κ3) is 1.76. The maximum Gasteiger partial charge on any atom is 0.260 e. The summed E-state index contributed by atoms with van der Waals surface area (Å²) in [7, 11) is 1.95. The number of benzene rings is 1. The average molecular weight is 267 g/mol. The van der Waals surface area contributed by atoms with Crippen molar-refractivity contribution in [3.63, 3.8) is 0 Å². The predicted molar refractivity (Wildman–Crippen MR) is 80.8 cm³/mol. The number of aryl methyl sites for hydroxylation is 1. The summed E-state index contributed by atoms with van der Waals surface area (Å²) in [5.74, 6) is 0.843. The van der Waals surface area contributed by atoms with Crippen LogP contribution >= 0.6 is 0 Å². The summed E-state index contributed by atoms with van der Waals surface area (Å²) >= 11 is 0. The lowest BCUT2D eigenvalue weighted by atomic mass is 10.1. The minimum absolute atomic E-state index is 0.0322. The molecule has 0 saturated carbocycles. The molecular formula is C16H17N3O. The predicted octanol–water partition coefficient (Wildman–Crippen LogP) is 3.14. The number of pyridine rings is 1. The summed E-state index contributed by atoms with van der Waals surface area (Å²) in [5, 5.41) is 0. The van der Waals surface area contributed by atoms with Gasteiger partial charge in [0, 0.05) is 19.8 Å². The van der Waals surface area contributed by atoms with E-state index in [0.717, 1.165) is 28.3 Å². The zero-order chi connectivity index (χ0) is 14.3. The number of anilines is 3. The van der Waals surface area contributed by atoms with E-state index in [4.69, 9.17) is 0 Å². The summed E-state index contributed by atoms with van der Waals surface area (Å²) in [6, 6.07) is 9.76. The Balaban J connectivity index is 2.30. The van der Waals surface area contributed by atoms with Gasteiger partial charge >= 0.3 is 0 Å². The number of fused-ring (bicyclic) bond motifs is 2. The second-order valence-electron chi connectivity index (χ2n) is 4.98. The molecular weight excluding hydrogens is 250 g/mol. The molecule has 0 radical (unpaired) electrons. The third-order valence-electron chi connectivity index (χ3n) is 3.68. The Bertz CT molecular complexity index is 681. The molecule has 4 nitrogen and oxygen atoms in total. The highest BCUT2D eigenvalue weighted by Crippen LogP contribution is 2.38. The summed E-state index contributed by atoms with van der Waals surface area (Å²) < 4.78 is 0. The molecule has 0 fully saturated rings. The van der Waals surface area contributed by atoms with Crippen LogP contribution in [0.3, 0.4) is 0 Å². The van der Waals surface area contributed by atoms with Crippen molar-refractivity contribution in [3.05, 3.63) is 47.7 Å². The van der Waals surface area contributed by atoms with Crippen molar-refractivity contribution in [3.8, 4) is 0 Å². The molecule has 2 heterocycles. The van der Waals surface area contributed by atoms with Gasteiger partial charge in [-0.2, -0.15) is 0 Å². The summed E-state index contributed by atoms with van der Waals surface area (Å²) in [5.41, 5.74) is 3.57. The number of aromatic nitrogens is 1. The Morgan fingerprint density at radius 1 is 1.20 bits per heavy atom. The van der Waals surface area contributed by atoms with Crippen LogP contribution in [0.2, 0.25) is 0 Å². The fourth-order valence-corrected chi connectivity index (χ4v) is 2.65. The van der Waals surface area contributed by atoms with Gasteiger partial charge in [0.15, 0.2) is 5.82 Å². The molecule has 1 amide bonds. The number of carbonyl (C=O) groups is 1. The smallest absolute Gasteiger partial charge is 0.260 e. The number of rotatable bonds is 1. The van der Waals surface area contributed by atoms with Crippen LogP contribution in [0, 0.1) is 6.92 Å². The van der Waals surface area contributed by atoms with Gasteiger partial charge in [0.25, 0.3) is 5.91 Å². The zero-order valence-electron chi connectivity index (χ0n) is 11.9. The van der Waals surface area contributed by atoms with Crippen molar-refractivity contribution < 1.29 is 4.79 Å². The first-order valence-corrected chi connectivity index (χ1v) is 6.74. The van der Waals surface area contributed by atoms with Gasteiger partial charge in [-0.25, -0.2) is 4.98 Å². The van der Waals surface area contributed by atoms with Crippen molar-refractivity contribution in [1.82, 2.24) is 4.98 Å². The van der Waals surface area contributed by atoms with Gasteiger partial charge in [-0.3, -0.25) is 4.79 Å². The standard InChI is InChI=1S/C16H17N3O/c1-4-19-14-6-5-9-17-15(14)18(3)13-8-7-11(2)10-12(13)16(19)20/h5-10H,4H2,1-3H3. The number of amides is 1. The third-order valence-corrected chi connectivity index (χ3v) is 3.68. The van der Waals surface area contributed by atoms with Crippen LogP contribution in [0.1, 0.15) is 22.8 Å². The van der Waals surface area contributed by atoms with E-state index in [1.54, 1.807) is 11.1 Å². The fourth-order valence-electron chi connectivity index (χ4n) is 2.65. The molecule has 0 saturated heterocycles. The van der Waals surface area contributed by atoms with E-state index in [-0.39, 0.29) is 5.91 Å². The maximum atomic E-state index is 12.8. The lowest BCUT2D eigenvalue weighted by molar-refractivity contribution is 0.0989. The highest BCUT2D eigenvalue weighted by atomic mass is 16.2. The Morgan fingerprint density at radius 2 is 2.00 bits per heavy atom. The van der Waals surface area contributed by atoms with Gasteiger partial charge in [0.1, 0.15) is 0 Å². The molecule has 0 aliphatic carbocycles. The lowest BCUT2D eigenvalue weighted by Crippen LogP contribution is -2.30. The average Bonchev–Trinajstić information content (AvgIpc) is 2.55. The highest BCUT2D eigenvalue weighted by Gasteiger charge is 2.29. The number of hydrogen-bond acceptors (Lipinski definition) is 3. The molecule has 1 aliphatic rings. The van der Waals surface area contributed by atoms with Crippen molar-refractivity contribution >= 4 is 23.1 Å². The first-order chi connectivity index (χ1) is 9.63. The summed E-state index contributed by atoms with van der Waals surface area (Å²) in [6.45, 7) is 4.61. The molecule has 0 atom stereocenters. The van der Waals surface area contributed by atoms with Gasteiger partial charge in [0.2, 0.25) is 0 Å². The highest BCUT2D eigenvalue weighted by molar-refractivity contribution is 6.13. The van der Waals surface area contributed by atoms with E-state index in [1.165, 1.54) is 0 Å². The van der Waals surface area contributed by atoms with E-state index in [9.17, 15) is 4.79 Å². The van der Waals surface area contributed by atoms with E-state index < -0.39 is 0 Å². The first-order valence-electron chi connectivity index (χ1n) is 6.74. The van der Waals surface area contributed by atoms with Gasteiger partial charge < -0.3 is 9.80 Å². The molecule has 20 heavy (non-hydrogen) atoms. The van der Waals surface area contributed by atoms with Gasteiger partial charge in [-0.1, -0.05) is 11.6 Å². The summed E-state index contributed by atoms with van der Waals surface area (Å²) in [4.78, 5) is 21.0. The Kier molecular flexibility index (Phi) is 2.93. The summed E-state index contributed by atoms with van der Waals surface area (Å²) in [6.07, 6.45) is 1.76. The van der Waals surface area contributed by atoms with Crippen molar-refractivity contribution in [2.45, 2.75) is 13.8 Å². The normalized spacial score (nSPS) is 13.8. The van der Waals surface area contributed by atoms with Crippen LogP contribution in [-0.4, -0.2) is 24.5 Å². The first kappa shape index (κ1) is 12.7. The van der Waals surface area contributed by atoms with Crippen LogP contribution in [0.25, 0.3) is 0 Å². The molecule has 1 aromatic carbocycles. The fraction of sp³-hybridized carbons (Fsp3) is 0.250. The van der Waals surface area contributed by atoms with Gasteiger partial charge in [0.05, 0.1) is 16.9 Å². The largest absolute Gasteiger partial charge is 0.327 e. The second kappa shape index (κ2) is 4.63. The Labute approximate surface area is 118 Å². The molecule has 4 heteroatoms. The zero-order valence-corrected chi connectivity index (χ0v) is 11.9. The van der Waals surface area contributed by atoms with E-state index in [1.807, 2.05) is 56.1 Å². The minimum atomic E-state index is 0.0322. The van der Waals surface area contributed by atoms with Crippen molar-refractivity contribution in [2.24, 2.45) is 0 Å². The van der Waals surface area contributed by atoms with Gasteiger partial charge in [-0.15, -0.1) is 0 Å². The maximum absolute atomic E-state index is 12.8. The second-order valence-corrected chi connectivity index (χ2v) is 4.98. The van der Waals surface area contributed by atoms with Crippen molar-refractivity contribution in [2.75, 3.05) is 23.4 Å². The molecule has 0 unspecified atom stereocenters. The molecule has 0 bridgehead atoms. The van der Waals surface area contributed by atoms with Crippen molar-refractivity contribution in [1.29, 1.82) is 0 Å². The van der Waals surface area contributed by atoms with E-state index in [2.05, 4.69) is 4.98 Å². The molecule has 2 aromatic rings. The van der Waals surface area contributed by atoms with E-state index >= 15 is 0 Å². The number of hydrogen-bond donors (Lipinski definition) is 0. The topological polar surface area (TPSA) is 36.4 Å². The van der Waals surface area contributed by atoms with Crippen LogP contribution in [0.15, 0.2) is 36.5 Å².